The Morgan fingerprint density at radius 2 is 1.66 bits per heavy atom. The van der Waals surface area contributed by atoms with Crippen LogP contribution in [-0.2, 0) is 10.0 Å². The lowest BCUT2D eigenvalue weighted by molar-refractivity contribution is -0.384. The molecule has 0 bridgehead atoms. The van der Waals surface area contributed by atoms with Gasteiger partial charge >= 0.3 is 0 Å². The second kappa shape index (κ2) is 8.11. The van der Waals surface area contributed by atoms with Gasteiger partial charge in [0.1, 0.15) is 0 Å². The van der Waals surface area contributed by atoms with Crippen LogP contribution in [0.3, 0.4) is 0 Å². The fourth-order valence-corrected chi connectivity index (χ4v) is 3.84. The summed E-state index contributed by atoms with van der Waals surface area (Å²) in [6.07, 6.45) is 0. The fourth-order valence-electron chi connectivity index (χ4n) is 2.69. The maximum absolute atomic E-state index is 12.6. The first-order chi connectivity index (χ1) is 13.8. The summed E-state index contributed by atoms with van der Waals surface area (Å²) in [4.78, 5) is 23.1. The van der Waals surface area contributed by atoms with Crippen molar-refractivity contribution in [2.24, 2.45) is 0 Å². The van der Waals surface area contributed by atoms with Crippen molar-refractivity contribution >= 4 is 33.0 Å². The number of non-ortho nitro benzene ring substituents is 1. The molecule has 8 nitrogen and oxygen atoms in total. The van der Waals surface area contributed by atoms with Gasteiger partial charge in [0, 0.05) is 23.4 Å². The number of rotatable bonds is 6. The highest BCUT2D eigenvalue weighted by atomic mass is 32.2. The van der Waals surface area contributed by atoms with E-state index in [0.29, 0.717) is 5.56 Å². The van der Waals surface area contributed by atoms with Gasteiger partial charge < -0.3 is 5.32 Å². The third kappa shape index (κ3) is 4.58. The van der Waals surface area contributed by atoms with E-state index in [9.17, 15) is 23.3 Å². The van der Waals surface area contributed by atoms with Crippen LogP contribution in [-0.4, -0.2) is 19.2 Å². The van der Waals surface area contributed by atoms with E-state index in [2.05, 4.69) is 10.0 Å². The van der Waals surface area contributed by atoms with E-state index in [0.717, 1.165) is 0 Å². The van der Waals surface area contributed by atoms with E-state index in [1.54, 1.807) is 43.3 Å². The van der Waals surface area contributed by atoms with Gasteiger partial charge in [-0.05, 0) is 42.8 Å². The normalized spacial score (nSPS) is 10.9. The number of nitro benzene ring substituents is 1. The predicted molar refractivity (Wildman–Crippen MR) is 109 cm³/mol. The highest BCUT2D eigenvalue weighted by molar-refractivity contribution is 7.92. The summed E-state index contributed by atoms with van der Waals surface area (Å²) in [5, 5.41) is 13.5. The average Bonchev–Trinajstić information content (AvgIpc) is 2.70. The minimum atomic E-state index is -3.81. The van der Waals surface area contributed by atoms with Gasteiger partial charge in [0.25, 0.3) is 21.6 Å². The lowest BCUT2D eigenvalue weighted by Gasteiger charge is -2.14. The van der Waals surface area contributed by atoms with Crippen LogP contribution in [0.5, 0.6) is 0 Å². The second-order valence-corrected chi connectivity index (χ2v) is 7.84. The molecule has 0 saturated carbocycles. The van der Waals surface area contributed by atoms with Crippen LogP contribution in [0.1, 0.15) is 15.9 Å². The van der Waals surface area contributed by atoms with E-state index in [4.69, 9.17) is 0 Å². The van der Waals surface area contributed by atoms with Crippen molar-refractivity contribution in [3.05, 3.63) is 94.0 Å². The number of hydrogen-bond acceptors (Lipinski definition) is 5. The Balaban J connectivity index is 1.86. The quantitative estimate of drug-likeness (QED) is 0.470. The molecular weight excluding hydrogens is 394 g/mol. The molecule has 0 aliphatic heterocycles. The molecule has 148 valence electrons. The third-order valence-corrected chi connectivity index (χ3v) is 5.57. The average molecular weight is 411 g/mol. The van der Waals surface area contributed by atoms with Gasteiger partial charge in [-0.3, -0.25) is 19.6 Å². The summed E-state index contributed by atoms with van der Waals surface area (Å²) < 4.78 is 27.6. The topological polar surface area (TPSA) is 118 Å². The zero-order chi connectivity index (χ0) is 21.0. The Morgan fingerprint density at radius 1 is 0.966 bits per heavy atom. The number of sulfonamides is 1. The molecule has 0 atom stereocenters. The van der Waals surface area contributed by atoms with E-state index in [1.807, 2.05) is 0 Å². The maximum atomic E-state index is 12.6. The molecule has 9 heteroatoms. The smallest absolute Gasteiger partial charge is 0.271 e. The zero-order valence-corrected chi connectivity index (χ0v) is 16.1. The molecule has 2 N–H and O–H groups in total. The Bertz CT molecular complexity index is 1180. The van der Waals surface area contributed by atoms with Crippen LogP contribution in [0.15, 0.2) is 77.7 Å². The van der Waals surface area contributed by atoms with Crippen molar-refractivity contribution in [2.75, 3.05) is 10.0 Å². The Kier molecular flexibility index (Phi) is 5.60. The molecule has 0 aliphatic rings. The van der Waals surface area contributed by atoms with Gasteiger partial charge in [-0.25, -0.2) is 8.42 Å². The summed E-state index contributed by atoms with van der Waals surface area (Å²) in [7, 11) is -3.81. The molecule has 1 amide bonds. The molecule has 0 heterocycles. The minimum Gasteiger partial charge on any atom is -0.322 e. The number of nitrogens with one attached hydrogen (secondary N) is 2. The second-order valence-electron chi connectivity index (χ2n) is 6.16. The van der Waals surface area contributed by atoms with Crippen LogP contribution < -0.4 is 10.0 Å². The van der Waals surface area contributed by atoms with Crippen molar-refractivity contribution in [3.63, 3.8) is 0 Å². The zero-order valence-electron chi connectivity index (χ0n) is 15.3. The number of anilines is 2. The lowest BCUT2D eigenvalue weighted by atomic mass is 10.1. The van der Waals surface area contributed by atoms with Crippen molar-refractivity contribution in [2.45, 2.75) is 11.8 Å². The first-order valence-corrected chi connectivity index (χ1v) is 9.99. The van der Waals surface area contributed by atoms with Crippen molar-refractivity contribution in [1.82, 2.24) is 0 Å². The molecule has 0 spiro atoms. The van der Waals surface area contributed by atoms with Crippen LogP contribution in [0.2, 0.25) is 0 Å². The number of carbonyl (C=O) groups excluding carboxylic acids is 1. The number of amides is 1. The Morgan fingerprint density at radius 3 is 2.34 bits per heavy atom. The molecule has 3 aromatic carbocycles. The molecule has 0 radical (unpaired) electrons. The van der Waals surface area contributed by atoms with Crippen LogP contribution in [0.25, 0.3) is 0 Å². The fraction of sp³-hybridized carbons (Fsp3) is 0.0500. The molecule has 0 unspecified atom stereocenters. The van der Waals surface area contributed by atoms with Crippen molar-refractivity contribution < 1.29 is 18.1 Å². The first kappa shape index (κ1) is 20.0. The molecule has 3 rings (SSSR count). The lowest BCUT2D eigenvalue weighted by Crippen LogP contribution is -2.17. The van der Waals surface area contributed by atoms with Gasteiger partial charge in [-0.2, -0.15) is 0 Å². The summed E-state index contributed by atoms with van der Waals surface area (Å²) in [5.74, 6) is -0.510. The van der Waals surface area contributed by atoms with Crippen LogP contribution in [0, 0.1) is 17.0 Å². The van der Waals surface area contributed by atoms with Crippen molar-refractivity contribution in [3.8, 4) is 0 Å². The van der Waals surface area contributed by atoms with Gasteiger partial charge in [0.15, 0.2) is 0 Å². The number of nitro groups is 1. The maximum Gasteiger partial charge on any atom is 0.271 e. The van der Waals surface area contributed by atoms with Crippen LogP contribution >= 0.6 is 0 Å². The third-order valence-electron chi connectivity index (χ3n) is 4.19. The standard InChI is InChI=1S/C20H17N3O5S/c1-14-18(20(24)21-15-7-5-8-16(13-15)23(25)26)11-6-12-19(14)22-29(27,28)17-9-3-2-4-10-17/h2-13,22H,1H3,(H,21,24). The molecule has 0 saturated heterocycles. The molecule has 0 fully saturated rings. The largest absolute Gasteiger partial charge is 0.322 e. The van der Waals surface area contributed by atoms with Gasteiger partial charge in [-0.15, -0.1) is 0 Å². The molecule has 29 heavy (non-hydrogen) atoms. The monoisotopic (exact) mass is 411 g/mol. The molecular formula is C20H17N3O5S. The van der Waals surface area contributed by atoms with Crippen LogP contribution in [0.4, 0.5) is 17.1 Å². The van der Waals surface area contributed by atoms with E-state index < -0.39 is 20.9 Å². The summed E-state index contributed by atoms with van der Waals surface area (Å²) in [5.41, 5.74) is 1.04. The summed E-state index contributed by atoms with van der Waals surface area (Å²) >= 11 is 0. The van der Waals surface area contributed by atoms with Gasteiger partial charge in [0.05, 0.1) is 15.5 Å². The van der Waals surface area contributed by atoms with E-state index in [1.165, 1.54) is 36.4 Å². The predicted octanol–water partition coefficient (Wildman–Crippen LogP) is 3.96. The van der Waals surface area contributed by atoms with Gasteiger partial charge in [-0.1, -0.05) is 30.3 Å². The van der Waals surface area contributed by atoms with E-state index >= 15 is 0 Å². The summed E-state index contributed by atoms with van der Waals surface area (Å²) in [6.45, 7) is 1.62. The highest BCUT2D eigenvalue weighted by Gasteiger charge is 2.18. The number of nitrogens with zero attached hydrogens (tertiary/aromatic N) is 1. The highest BCUT2D eigenvalue weighted by Crippen LogP contribution is 2.24. The van der Waals surface area contributed by atoms with E-state index in [-0.39, 0.29) is 27.5 Å². The van der Waals surface area contributed by atoms with Gasteiger partial charge in [0.2, 0.25) is 0 Å². The number of hydrogen-bond donors (Lipinski definition) is 2. The van der Waals surface area contributed by atoms with Crippen molar-refractivity contribution in [1.29, 1.82) is 0 Å². The number of benzene rings is 3. The molecule has 0 aliphatic carbocycles. The SMILES string of the molecule is Cc1c(NS(=O)(=O)c2ccccc2)cccc1C(=O)Nc1cccc([N+](=O)[O-])c1. The summed E-state index contributed by atoms with van der Waals surface area (Å²) in [6, 6.07) is 18.1. The molecule has 3 aromatic rings. The Labute approximate surface area is 167 Å². The minimum absolute atomic E-state index is 0.103. The number of carbonyl (C=O) groups is 1. The Hall–Kier alpha value is -3.72. The molecule has 0 aromatic heterocycles. The first-order valence-electron chi connectivity index (χ1n) is 8.51.